The molecule has 4 aromatic rings. The second-order valence-electron chi connectivity index (χ2n) is 15.3. The summed E-state index contributed by atoms with van der Waals surface area (Å²) in [6.45, 7) is 16.4. The van der Waals surface area contributed by atoms with Crippen molar-refractivity contribution in [3.05, 3.63) is 77.5 Å². The van der Waals surface area contributed by atoms with Crippen molar-refractivity contribution in [1.29, 1.82) is 0 Å². The van der Waals surface area contributed by atoms with Crippen LogP contribution in [0.25, 0.3) is 6.08 Å². The van der Waals surface area contributed by atoms with Gasteiger partial charge in [0.1, 0.15) is 23.9 Å². The number of urea groups is 1. The summed E-state index contributed by atoms with van der Waals surface area (Å²) < 4.78 is 66.9. The third-order valence-electron chi connectivity index (χ3n) is 9.49. The molecule has 1 aliphatic heterocycles. The van der Waals surface area contributed by atoms with Crippen LogP contribution in [0.4, 0.5) is 33.5 Å². The van der Waals surface area contributed by atoms with Crippen molar-refractivity contribution < 1.29 is 46.4 Å². The fourth-order valence-corrected chi connectivity index (χ4v) is 6.89. The van der Waals surface area contributed by atoms with Crippen LogP contribution < -0.4 is 39.6 Å². The Kier molecular flexibility index (Phi) is 17.2. The molecular formula is C44H59N7O10S. The van der Waals surface area contributed by atoms with E-state index >= 15 is 0 Å². The normalized spacial score (nSPS) is 13.4. The fraction of sp³-hybridized carbons (Fsp3) is 0.432. The first-order valence-electron chi connectivity index (χ1n) is 20.3. The molecule has 1 saturated heterocycles. The third-order valence-corrected chi connectivity index (χ3v) is 10.1. The molecule has 0 atom stereocenters. The predicted octanol–water partition coefficient (Wildman–Crippen LogP) is 7.43. The Hall–Kier alpha value is -5.66. The number of morpholine rings is 1. The van der Waals surface area contributed by atoms with Gasteiger partial charge in [-0.05, 0) is 49.1 Å². The fourth-order valence-electron chi connectivity index (χ4n) is 6.34. The third kappa shape index (κ3) is 14.5. The Bertz CT molecular complexity index is 2260. The van der Waals surface area contributed by atoms with E-state index in [4.69, 9.17) is 33.2 Å². The number of ether oxygens (including phenoxy) is 7. The summed E-state index contributed by atoms with van der Waals surface area (Å²) in [4.78, 5) is 24.8. The standard InChI is InChI=1S/C44H59N7O10S/c1-9-10-35-30(2)39(12-11-36(35)47-43(52)48-37-25-31(44(3,4)5)26-38(41(37)56-7)50-62(8,53)54)61-40-13-14-45-42(49-40)46-32-27-33(55-6)29-34(28-32)60-24-23-59-22-21-58-20-17-51-15-18-57-19-16-51/h9-14,25-29,50H,15-24H2,1-8H3,(H,45,46,49)(H2,47,48,52)/b10-9-. The van der Waals surface area contributed by atoms with Crippen LogP contribution in [0.5, 0.6) is 28.9 Å². The lowest BCUT2D eigenvalue weighted by Crippen LogP contribution is -2.38. The summed E-state index contributed by atoms with van der Waals surface area (Å²) in [6.07, 6.45) is 6.34. The highest BCUT2D eigenvalue weighted by Gasteiger charge is 2.23. The van der Waals surface area contributed by atoms with Crippen molar-refractivity contribution in [2.75, 3.05) is 107 Å². The molecule has 62 heavy (non-hydrogen) atoms. The number of benzene rings is 3. The van der Waals surface area contributed by atoms with E-state index < -0.39 is 16.1 Å². The second kappa shape index (κ2) is 22.4. The van der Waals surface area contributed by atoms with Gasteiger partial charge in [-0.3, -0.25) is 9.62 Å². The second-order valence-corrected chi connectivity index (χ2v) is 17.1. The van der Waals surface area contributed by atoms with Gasteiger partial charge in [-0.15, -0.1) is 0 Å². The summed E-state index contributed by atoms with van der Waals surface area (Å²) in [5.74, 6) is 2.38. The highest BCUT2D eigenvalue weighted by atomic mass is 32.2. The maximum atomic E-state index is 13.5. The number of carbonyl (C=O) groups is 1. The van der Waals surface area contributed by atoms with E-state index in [2.05, 4.69) is 35.5 Å². The lowest BCUT2D eigenvalue weighted by atomic mass is 9.86. The minimum atomic E-state index is -3.65. The maximum Gasteiger partial charge on any atom is 0.323 e. The van der Waals surface area contributed by atoms with Gasteiger partial charge >= 0.3 is 6.03 Å². The van der Waals surface area contributed by atoms with Crippen LogP contribution in [-0.2, 0) is 29.6 Å². The molecule has 0 unspecified atom stereocenters. The summed E-state index contributed by atoms with van der Waals surface area (Å²) in [7, 11) is -0.665. The van der Waals surface area contributed by atoms with Crippen LogP contribution in [0.3, 0.4) is 0 Å². The molecule has 18 heteroatoms. The Balaban J connectivity index is 1.20. The minimum Gasteiger partial charge on any atom is -0.497 e. The molecule has 0 aliphatic carbocycles. The molecule has 0 spiro atoms. The van der Waals surface area contributed by atoms with Gasteiger partial charge < -0.3 is 49.1 Å². The van der Waals surface area contributed by atoms with E-state index in [9.17, 15) is 13.2 Å². The van der Waals surface area contributed by atoms with Gasteiger partial charge in [-0.25, -0.2) is 18.2 Å². The summed E-state index contributed by atoms with van der Waals surface area (Å²) in [5, 5.41) is 8.96. The molecule has 2 amide bonds. The summed E-state index contributed by atoms with van der Waals surface area (Å²) in [6, 6.07) is 13.4. The van der Waals surface area contributed by atoms with Gasteiger partial charge in [0.2, 0.25) is 21.9 Å². The Labute approximate surface area is 364 Å². The van der Waals surface area contributed by atoms with Crippen LogP contribution in [0.15, 0.2) is 60.8 Å². The van der Waals surface area contributed by atoms with Gasteiger partial charge in [-0.2, -0.15) is 4.98 Å². The predicted molar refractivity (Wildman–Crippen MR) is 241 cm³/mol. The molecule has 1 fully saturated rings. The zero-order valence-electron chi connectivity index (χ0n) is 36.8. The van der Waals surface area contributed by atoms with Gasteiger partial charge in [-0.1, -0.05) is 32.9 Å². The van der Waals surface area contributed by atoms with Crippen molar-refractivity contribution in [1.82, 2.24) is 14.9 Å². The SMILES string of the molecule is C/C=C\c1c(NC(=O)Nc2cc(C(C)(C)C)cc(NS(C)(=O)=O)c2OC)ccc(Oc2ccnc(Nc3cc(OC)cc(OCCOCCOCCN4CCOCC4)c3)n2)c1C. The van der Waals surface area contributed by atoms with Crippen LogP contribution in [0.2, 0.25) is 0 Å². The molecule has 2 heterocycles. The van der Waals surface area contributed by atoms with Gasteiger partial charge in [0.15, 0.2) is 5.75 Å². The quantitative estimate of drug-likeness (QED) is 0.0604. The summed E-state index contributed by atoms with van der Waals surface area (Å²) >= 11 is 0. The number of sulfonamides is 1. The highest BCUT2D eigenvalue weighted by molar-refractivity contribution is 7.92. The van der Waals surface area contributed by atoms with Crippen LogP contribution in [0, 0.1) is 6.92 Å². The first-order valence-corrected chi connectivity index (χ1v) is 22.1. The molecule has 336 valence electrons. The van der Waals surface area contributed by atoms with E-state index in [1.807, 2.05) is 52.8 Å². The lowest BCUT2D eigenvalue weighted by molar-refractivity contribution is 0.00519. The number of anilines is 5. The summed E-state index contributed by atoms with van der Waals surface area (Å²) in [5.41, 5.74) is 3.47. The minimum absolute atomic E-state index is 0.167. The number of aromatic nitrogens is 2. The molecule has 5 rings (SSSR count). The van der Waals surface area contributed by atoms with Crippen molar-refractivity contribution in [2.24, 2.45) is 0 Å². The number of rotatable bonds is 21. The van der Waals surface area contributed by atoms with Gasteiger partial charge in [0.25, 0.3) is 0 Å². The van der Waals surface area contributed by atoms with Gasteiger partial charge in [0.05, 0.1) is 77.2 Å². The van der Waals surface area contributed by atoms with Crippen molar-refractivity contribution in [3.63, 3.8) is 0 Å². The van der Waals surface area contributed by atoms with E-state index in [1.165, 1.54) is 7.11 Å². The number of nitrogens with zero attached hydrogens (tertiary/aromatic N) is 3. The van der Waals surface area contributed by atoms with Crippen LogP contribution in [-0.4, -0.2) is 116 Å². The monoisotopic (exact) mass is 877 g/mol. The zero-order valence-corrected chi connectivity index (χ0v) is 37.6. The van der Waals surface area contributed by atoms with Gasteiger partial charge in [0, 0.05) is 66.9 Å². The molecule has 0 saturated carbocycles. The molecule has 1 aliphatic rings. The topological polar surface area (TPSA) is 193 Å². The number of methoxy groups -OCH3 is 2. The first-order chi connectivity index (χ1) is 29.6. The average Bonchev–Trinajstić information content (AvgIpc) is 3.22. The number of carbonyl (C=O) groups excluding carboxylic acids is 1. The number of hydrogen-bond donors (Lipinski definition) is 4. The van der Waals surface area contributed by atoms with E-state index in [-0.39, 0.29) is 34.4 Å². The number of allylic oxidation sites excluding steroid dienone is 1. The van der Waals surface area contributed by atoms with E-state index in [1.54, 1.807) is 55.8 Å². The molecule has 17 nitrogen and oxygen atoms in total. The Morgan fingerprint density at radius 3 is 2.27 bits per heavy atom. The number of hydrogen-bond acceptors (Lipinski definition) is 14. The lowest BCUT2D eigenvalue weighted by Gasteiger charge is -2.26. The molecule has 3 aromatic carbocycles. The molecule has 4 N–H and O–H groups in total. The Morgan fingerprint density at radius 1 is 0.887 bits per heavy atom. The average molecular weight is 878 g/mol. The zero-order chi connectivity index (χ0) is 44.7. The number of amides is 2. The molecule has 0 radical (unpaired) electrons. The van der Waals surface area contributed by atoms with Crippen LogP contribution in [0.1, 0.15) is 44.4 Å². The molecule has 0 bridgehead atoms. The molecular weight excluding hydrogens is 819 g/mol. The number of nitrogens with one attached hydrogen (secondary N) is 4. The van der Waals surface area contributed by atoms with Crippen LogP contribution >= 0.6 is 0 Å². The maximum absolute atomic E-state index is 13.5. The molecule has 1 aromatic heterocycles. The smallest absolute Gasteiger partial charge is 0.323 e. The highest BCUT2D eigenvalue weighted by Crippen LogP contribution is 2.40. The van der Waals surface area contributed by atoms with E-state index in [0.717, 1.165) is 50.2 Å². The van der Waals surface area contributed by atoms with Crippen molar-refractivity contribution >= 4 is 50.8 Å². The van der Waals surface area contributed by atoms with E-state index in [0.29, 0.717) is 67.2 Å². The largest absolute Gasteiger partial charge is 0.497 e. The first kappa shape index (κ1) is 47.4. The van der Waals surface area contributed by atoms with Crippen molar-refractivity contribution in [2.45, 2.75) is 40.0 Å². The van der Waals surface area contributed by atoms with Crippen molar-refractivity contribution in [3.8, 4) is 28.9 Å². The Morgan fingerprint density at radius 2 is 1.58 bits per heavy atom.